The summed E-state index contributed by atoms with van der Waals surface area (Å²) >= 11 is 0. The van der Waals surface area contributed by atoms with Gasteiger partial charge >= 0.3 is 23.6 Å². The molecule has 0 aliphatic carbocycles. The lowest BCUT2D eigenvalue weighted by Gasteiger charge is -2.28. The molecule has 0 aliphatic rings. The summed E-state index contributed by atoms with van der Waals surface area (Å²) in [5.41, 5.74) is 4.99. The Morgan fingerprint density at radius 2 is 0.947 bits per heavy atom. The minimum atomic E-state index is -2.62. The second-order valence-electron chi connectivity index (χ2n) is 7.72. The van der Waals surface area contributed by atoms with Crippen molar-refractivity contribution >= 4 is 35.5 Å². The highest BCUT2D eigenvalue weighted by Gasteiger charge is 2.40. The molecule has 0 aromatic rings. The van der Waals surface area contributed by atoms with Crippen molar-refractivity contribution in [1.29, 1.82) is 0 Å². The zero-order valence-corrected chi connectivity index (χ0v) is 26.4. The summed E-state index contributed by atoms with van der Waals surface area (Å²) in [4.78, 5) is 32.7. The summed E-state index contributed by atoms with van der Waals surface area (Å²) in [6.07, 6.45) is 1.44. The van der Waals surface area contributed by atoms with Crippen molar-refractivity contribution in [1.82, 2.24) is 16.0 Å². The Labute approximate surface area is 230 Å². The zero-order chi connectivity index (χ0) is 29.3. The van der Waals surface area contributed by atoms with E-state index in [-0.39, 0.29) is 18.4 Å². The second kappa shape index (κ2) is 24.4. The summed E-state index contributed by atoms with van der Waals surface area (Å²) in [5.74, 6) is -0.428. The smallest absolute Gasteiger partial charge is 0.374 e. The standard InChI is InChI=1S/C13H28N2O5Si.C10H24N2O4Si/c1-5-18-21(19-6-2,20-7-3)10-8-9-14-13(17)11-15-12(4)16;1-4-14-17(15-5-2,16-6-3)9-7-8-12-10(11)13/h5-11H2,1-4H3,(H,14,17)(H,15,16);4-9H2,1-3H3,(H3,11,12,13). The van der Waals surface area contributed by atoms with E-state index in [1.807, 2.05) is 41.5 Å². The number of hydrogen-bond donors (Lipinski definition) is 4. The van der Waals surface area contributed by atoms with E-state index in [1.54, 1.807) is 0 Å². The van der Waals surface area contributed by atoms with Crippen molar-refractivity contribution in [2.24, 2.45) is 5.73 Å². The van der Waals surface area contributed by atoms with Crippen molar-refractivity contribution < 1.29 is 40.9 Å². The first kappa shape index (κ1) is 38.6. The second-order valence-corrected chi connectivity index (χ2v) is 13.2. The molecule has 0 unspecified atom stereocenters. The Balaban J connectivity index is 0. The van der Waals surface area contributed by atoms with Gasteiger partial charge in [-0.15, -0.1) is 0 Å². The Bertz CT molecular complexity index is 600. The molecule has 0 fully saturated rings. The number of nitrogens with one attached hydrogen (secondary N) is 3. The van der Waals surface area contributed by atoms with E-state index in [4.69, 9.17) is 32.3 Å². The normalized spacial score (nSPS) is 11.3. The van der Waals surface area contributed by atoms with Gasteiger partial charge < -0.3 is 48.2 Å². The van der Waals surface area contributed by atoms with Crippen LogP contribution in [0.2, 0.25) is 12.1 Å². The van der Waals surface area contributed by atoms with Crippen LogP contribution in [0.4, 0.5) is 4.79 Å². The average molecular weight is 585 g/mol. The number of carbonyl (C=O) groups is 3. The van der Waals surface area contributed by atoms with Crippen LogP contribution in [0.1, 0.15) is 61.3 Å². The molecule has 0 radical (unpaired) electrons. The maximum atomic E-state index is 11.4. The largest absolute Gasteiger partial charge is 0.500 e. The number of urea groups is 1. The van der Waals surface area contributed by atoms with Crippen LogP contribution in [-0.4, -0.2) is 94.7 Å². The molecule has 0 saturated heterocycles. The van der Waals surface area contributed by atoms with Gasteiger partial charge in [0.1, 0.15) is 0 Å². The molecule has 0 heterocycles. The Kier molecular flexibility index (Phi) is 24.8. The summed E-state index contributed by atoms with van der Waals surface area (Å²) < 4.78 is 34.2. The zero-order valence-electron chi connectivity index (χ0n) is 24.4. The number of carbonyl (C=O) groups excluding carboxylic acids is 3. The van der Waals surface area contributed by atoms with Crippen LogP contribution in [0.3, 0.4) is 0 Å². The summed E-state index contributed by atoms with van der Waals surface area (Å²) in [6.45, 7) is 17.2. The molecule has 0 aromatic carbocycles. The molecule has 226 valence electrons. The molecule has 13 nitrogen and oxygen atoms in total. The molecule has 5 N–H and O–H groups in total. The first-order valence-electron chi connectivity index (χ1n) is 13.5. The lowest BCUT2D eigenvalue weighted by atomic mass is 10.4. The molecular formula is C23H52N4O9Si2. The fourth-order valence-corrected chi connectivity index (χ4v) is 8.54. The van der Waals surface area contributed by atoms with E-state index in [2.05, 4.69) is 16.0 Å². The summed E-state index contributed by atoms with van der Waals surface area (Å²) in [5, 5.41) is 7.72. The van der Waals surface area contributed by atoms with Crippen molar-refractivity contribution in [2.75, 3.05) is 59.3 Å². The van der Waals surface area contributed by atoms with Crippen LogP contribution in [0.5, 0.6) is 0 Å². The number of nitrogens with two attached hydrogens (primary N) is 1. The van der Waals surface area contributed by atoms with E-state index in [0.29, 0.717) is 71.2 Å². The predicted octanol–water partition coefficient (Wildman–Crippen LogP) is 1.77. The van der Waals surface area contributed by atoms with Gasteiger partial charge in [-0.3, -0.25) is 9.59 Å². The van der Waals surface area contributed by atoms with Crippen molar-refractivity contribution in [3.8, 4) is 0 Å². The molecule has 38 heavy (non-hydrogen) atoms. The summed E-state index contributed by atoms with van der Waals surface area (Å²) in [7, 11) is -5.18. The van der Waals surface area contributed by atoms with Crippen LogP contribution in [0.25, 0.3) is 0 Å². The summed E-state index contributed by atoms with van der Waals surface area (Å²) in [6, 6.07) is 0.827. The lowest BCUT2D eigenvalue weighted by molar-refractivity contribution is -0.125. The average Bonchev–Trinajstić information content (AvgIpc) is 2.85. The monoisotopic (exact) mass is 584 g/mol. The van der Waals surface area contributed by atoms with Gasteiger partial charge in [0.05, 0.1) is 6.54 Å². The molecule has 0 aliphatic heterocycles. The van der Waals surface area contributed by atoms with Crippen LogP contribution < -0.4 is 21.7 Å². The first-order valence-corrected chi connectivity index (χ1v) is 17.3. The Hall–Kier alpha value is -1.60. The molecule has 0 spiro atoms. The molecule has 15 heteroatoms. The van der Waals surface area contributed by atoms with E-state index in [1.165, 1.54) is 6.92 Å². The minimum Gasteiger partial charge on any atom is -0.374 e. The van der Waals surface area contributed by atoms with Crippen molar-refractivity contribution in [2.45, 2.75) is 73.4 Å². The fraction of sp³-hybridized carbons (Fsp3) is 0.870. The maximum absolute atomic E-state index is 11.4. The van der Waals surface area contributed by atoms with Gasteiger partial charge in [-0.05, 0) is 54.4 Å². The van der Waals surface area contributed by atoms with E-state index in [0.717, 1.165) is 6.42 Å². The van der Waals surface area contributed by atoms with Gasteiger partial charge in [-0.2, -0.15) is 0 Å². The van der Waals surface area contributed by atoms with Gasteiger partial charge in [-0.25, -0.2) is 4.79 Å². The van der Waals surface area contributed by atoms with E-state index < -0.39 is 23.6 Å². The molecule has 0 saturated carbocycles. The topological polar surface area (TPSA) is 169 Å². The maximum Gasteiger partial charge on any atom is 0.500 e. The first-order chi connectivity index (χ1) is 18.1. The van der Waals surface area contributed by atoms with Crippen molar-refractivity contribution in [3.05, 3.63) is 0 Å². The molecule has 4 amide bonds. The van der Waals surface area contributed by atoms with Crippen LogP contribution in [0.15, 0.2) is 0 Å². The molecule has 0 rings (SSSR count). The Morgan fingerprint density at radius 3 is 1.24 bits per heavy atom. The number of amides is 4. The highest BCUT2D eigenvalue weighted by molar-refractivity contribution is 6.61. The van der Waals surface area contributed by atoms with Crippen LogP contribution >= 0.6 is 0 Å². The third kappa shape index (κ3) is 20.4. The van der Waals surface area contributed by atoms with Crippen LogP contribution in [0, 0.1) is 0 Å². The van der Waals surface area contributed by atoms with E-state index in [9.17, 15) is 14.4 Å². The highest BCUT2D eigenvalue weighted by atomic mass is 28.4. The Morgan fingerprint density at radius 1 is 0.605 bits per heavy atom. The third-order valence-electron chi connectivity index (χ3n) is 4.62. The lowest BCUT2D eigenvalue weighted by Crippen LogP contribution is -2.46. The van der Waals surface area contributed by atoms with Gasteiger partial charge in [0.15, 0.2) is 0 Å². The fourth-order valence-electron chi connectivity index (χ4n) is 3.32. The molecule has 0 aromatic heterocycles. The van der Waals surface area contributed by atoms with Gasteiger partial charge in [0.2, 0.25) is 11.8 Å². The number of primary amides is 1. The molecule has 0 atom stereocenters. The number of rotatable bonds is 22. The minimum absolute atomic E-state index is 0.000283. The van der Waals surface area contributed by atoms with Crippen LogP contribution in [-0.2, 0) is 36.1 Å². The quantitative estimate of drug-likeness (QED) is 0.109. The highest BCUT2D eigenvalue weighted by Crippen LogP contribution is 2.18. The third-order valence-corrected chi connectivity index (χ3v) is 10.9. The van der Waals surface area contributed by atoms with Crippen molar-refractivity contribution in [3.63, 3.8) is 0 Å². The van der Waals surface area contributed by atoms with Gasteiger partial charge in [-0.1, -0.05) is 0 Å². The van der Waals surface area contributed by atoms with Gasteiger partial charge in [0, 0.05) is 71.7 Å². The molecule has 0 bridgehead atoms. The SMILES string of the molecule is CCO[Si](CCCNC(=O)CNC(C)=O)(OCC)OCC.CCO[Si](CCCNC(N)=O)(OCC)OCC. The van der Waals surface area contributed by atoms with Gasteiger partial charge in [0.25, 0.3) is 0 Å². The number of hydrogen-bond acceptors (Lipinski definition) is 9. The molecular weight excluding hydrogens is 532 g/mol. The predicted molar refractivity (Wildman–Crippen MR) is 149 cm³/mol. The van der Waals surface area contributed by atoms with E-state index >= 15 is 0 Å².